The maximum absolute atomic E-state index is 10.3. The standard InChI is InChI=1S/C13H19N3OS/c1-5-16-7-9(6-14-16)11(17)10-8-18-12(15-10)13(2,3)4/h6-8,11,17H,5H2,1-4H3. The van der Waals surface area contributed by atoms with Crippen molar-refractivity contribution >= 4 is 11.3 Å². The third-order valence-electron chi connectivity index (χ3n) is 2.74. The lowest BCUT2D eigenvalue weighted by molar-refractivity contribution is 0.215. The lowest BCUT2D eigenvalue weighted by Gasteiger charge is -2.14. The Bertz CT molecular complexity index is 524. The molecule has 2 aromatic heterocycles. The van der Waals surface area contributed by atoms with Crippen molar-refractivity contribution in [3.8, 4) is 0 Å². The van der Waals surface area contributed by atoms with E-state index >= 15 is 0 Å². The average Bonchev–Trinajstić information content (AvgIpc) is 2.96. The minimum absolute atomic E-state index is 0.0240. The van der Waals surface area contributed by atoms with Gasteiger partial charge < -0.3 is 5.11 Å². The van der Waals surface area contributed by atoms with Gasteiger partial charge in [0.15, 0.2) is 0 Å². The van der Waals surface area contributed by atoms with Crippen LogP contribution in [0, 0.1) is 0 Å². The Kier molecular flexibility index (Phi) is 3.54. The molecule has 0 saturated carbocycles. The van der Waals surface area contributed by atoms with E-state index in [0.29, 0.717) is 5.69 Å². The van der Waals surface area contributed by atoms with Crippen molar-refractivity contribution in [3.63, 3.8) is 0 Å². The summed E-state index contributed by atoms with van der Waals surface area (Å²) in [6.07, 6.45) is 2.88. The maximum atomic E-state index is 10.3. The summed E-state index contributed by atoms with van der Waals surface area (Å²) in [6.45, 7) is 9.19. The normalized spacial score (nSPS) is 13.8. The van der Waals surface area contributed by atoms with E-state index in [9.17, 15) is 5.11 Å². The maximum Gasteiger partial charge on any atom is 0.125 e. The van der Waals surface area contributed by atoms with Crippen LogP contribution in [-0.4, -0.2) is 19.9 Å². The molecule has 2 heterocycles. The molecule has 0 aromatic carbocycles. The molecule has 0 amide bonds. The molecule has 18 heavy (non-hydrogen) atoms. The molecule has 0 aliphatic rings. The first-order chi connectivity index (χ1) is 8.41. The van der Waals surface area contributed by atoms with Gasteiger partial charge in [-0.2, -0.15) is 5.10 Å². The highest BCUT2D eigenvalue weighted by Gasteiger charge is 2.21. The highest BCUT2D eigenvalue weighted by molar-refractivity contribution is 7.09. The van der Waals surface area contributed by atoms with Crippen LogP contribution in [0.15, 0.2) is 17.8 Å². The number of aromatic nitrogens is 3. The third-order valence-corrected chi connectivity index (χ3v) is 4.02. The second-order valence-corrected chi connectivity index (χ2v) is 6.22. The molecule has 5 heteroatoms. The van der Waals surface area contributed by atoms with E-state index in [0.717, 1.165) is 17.1 Å². The molecule has 0 aliphatic heterocycles. The van der Waals surface area contributed by atoms with Crippen LogP contribution in [0.2, 0.25) is 0 Å². The van der Waals surface area contributed by atoms with Gasteiger partial charge >= 0.3 is 0 Å². The molecule has 0 spiro atoms. The zero-order chi connectivity index (χ0) is 13.3. The first-order valence-corrected chi connectivity index (χ1v) is 6.96. The van der Waals surface area contributed by atoms with Crippen molar-refractivity contribution < 1.29 is 5.11 Å². The van der Waals surface area contributed by atoms with Crippen molar-refractivity contribution in [2.75, 3.05) is 0 Å². The molecule has 2 rings (SSSR count). The second-order valence-electron chi connectivity index (χ2n) is 5.36. The number of rotatable bonds is 3. The monoisotopic (exact) mass is 265 g/mol. The molecule has 4 nitrogen and oxygen atoms in total. The van der Waals surface area contributed by atoms with Crippen LogP contribution < -0.4 is 0 Å². The van der Waals surface area contributed by atoms with Gasteiger partial charge in [-0.25, -0.2) is 4.98 Å². The summed E-state index contributed by atoms with van der Waals surface area (Å²) in [7, 11) is 0. The zero-order valence-electron chi connectivity index (χ0n) is 11.2. The van der Waals surface area contributed by atoms with Crippen LogP contribution in [0.5, 0.6) is 0 Å². The summed E-state index contributed by atoms with van der Waals surface area (Å²) < 4.78 is 1.80. The predicted molar refractivity (Wildman–Crippen MR) is 72.8 cm³/mol. The van der Waals surface area contributed by atoms with Crippen LogP contribution in [0.25, 0.3) is 0 Å². The topological polar surface area (TPSA) is 50.9 Å². The molecule has 0 aliphatic carbocycles. The molecule has 0 fully saturated rings. The molecule has 98 valence electrons. The number of aryl methyl sites for hydroxylation is 1. The highest BCUT2D eigenvalue weighted by atomic mass is 32.1. The lowest BCUT2D eigenvalue weighted by atomic mass is 9.98. The summed E-state index contributed by atoms with van der Waals surface area (Å²) in [4.78, 5) is 4.52. The number of hydrogen-bond donors (Lipinski definition) is 1. The van der Waals surface area contributed by atoms with Gasteiger partial charge in [-0.05, 0) is 6.92 Å². The van der Waals surface area contributed by atoms with Crippen LogP contribution in [-0.2, 0) is 12.0 Å². The van der Waals surface area contributed by atoms with Crippen LogP contribution in [0.3, 0.4) is 0 Å². The van der Waals surface area contributed by atoms with Gasteiger partial charge in [0.2, 0.25) is 0 Å². The fourth-order valence-electron chi connectivity index (χ4n) is 1.62. The largest absolute Gasteiger partial charge is 0.382 e. The number of aliphatic hydroxyl groups is 1. The van der Waals surface area contributed by atoms with Gasteiger partial charge in [-0.3, -0.25) is 4.68 Å². The van der Waals surface area contributed by atoms with Crippen LogP contribution in [0.4, 0.5) is 0 Å². The predicted octanol–water partition coefficient (Wildman–Crippen LogP) is 2.74. The molecule has 0 radical (unpaired) electrons. The number of thiazole rings is 1. The fourth-order valence-corrected chi connectivity index (χ4v) is 2.55. The zero-order valence-corrected chi connectivity index (χ0v) is 12.0. The van der Waals surface area contributed by atoms with Crippen molar-refractivity contribution in [1.29, 1.82) is 0 Å². The Hall–Kier alpha value is -1.20. The summed E-state index contributed by atoms with van der Waals surface area (Å²) in [5, 5.41) is 17.4. The Labute approximate surface area is 111 Å². The fraction of sp³-hybridized carbons (Fsp3) is 0.538. The van der Waals surface area contributed by atoms with E-state index in [1.54, 1.807) is 22.2 Å². The smallest absolute Gasteiger partial charge is 0.125 e. The van der Waals surface area contributed by atoms with Gasteiger partial charge in [0.25, 0.3) is 0 Å². The summed E-state index contributed by atoms with van der Waals surface area (Å²) >= 11 is 1.59. The molecule has 1 atom stereocenters. The average molecular weight is 265 g/mol. The minimum atomic E-state index is -0.683. The van der Waals surface area contributed by atoms with Crippen molar-refractivity contribution in [2.24, 2.45) is 0 Å². The van der Waals surface area contributed by atoms with Crippen molar-refractivity contribution in [1.82, 2.24) is 14.8 Å². The molecule has 1 unspecified atom stereocenters. The molecular weight excluding hydrogens is 246 g/mol. The van der Waals surface area contributed by atoms with Gasteiger partial charge in [-0.1, -0.05) is 20.8 Å². The Morgan fingerprint density at radius 2 is 2.17 bits per heavy atom. The van der Waals surface area contributed by atoms with E-state index < -0.39 is 6.10 Å². The van der Waals surface area contributed by atoms with Gasteiger partial charge in [-0.15, -0.1) is 11.3 Å². The van der Waals surface area contributed by atoms with E-state index in [4.69, 9.17) is 0 Å². The van der Waals surface area contributed by atoms with E-state index in [-0.39, 0.29) is 5.41 Å². The van der Waals surface area contributed by atoms with E-state index in [1.807, 2.05) is 18.5 Å². The molecule has 0 bridgehead atoms. The minimum Gasteiger partial charge on any atom is -0.382 e. The Balaban J connectivity index is 2.23. The van der Waals surface area contributed by atoms with Crippen molar-refractivity contribution in [3.05, 3.63) is 34.0 Å². The first kappa shape index (κ1) is 13.2. The Morgan fingerprint density at radius 1 is 1.44 bits per heavy atom. The number of nitrogens with zero attached hydrogens (tertiary/aromatic N) is 3. The van der Waals surface area contributed by atoms with E-state index in [1.165, 1.54) is 0 Å². The highest BCUT2D eigenvalue weighted by Crippen LogP contribution is 2.29. The SMILES string of the molecule is CCn1cc(C(O)c2csc(C(C)(C)C)n2)cn1. The summed E-state index contributed by atoms with van der Waals surface area (Å²) in [5.74, 6) is 0. The lowest BCUT2D eigenvalue weighted by Crippen LogP contribution is -2.11. The molecular formula is C13H19N3OS. The summed E-state index contributed by atoms with van der Waals surface area (Å²) in [6, 6.07) is 0. The molecule has 1 N–H and O–H groups in total. The quantitative estimate of drug-likeness (QED) is 0.928. The number of hydrogen-bond acceptors (Lipinski definition) is 4. The van der Waals surface area contributed by atoms with Gasteiger partial charge in [0.1, 0.15) is 6.10 Å². The van der Waals surface area contributed by atoms with Crippen molar-refractivity contribution in [2.45, 2.75) is 45.8 Å². The molecule has 2 aromatic rings. The number of aliphatic hydroxyl groups excluding tert-OH is 1. The first-order valence-electron chi connectivity index (χ1n) is 6.08. The van der Waals surface area contributed by atoms with Crippen LogP contribution in [0.1, 0.15) is 50.1 Å². The summed E-state index contributed by atoms with van der Waals surface area (Å²) in [5.41, 5.74) is 1.53. The van der Waals surface area contributed by atoms with E-state index in [2.05, 4.69) is 30.9 Å². The van der Waals surface area contributed by atoms with Crippen LogP contribution >= 0.6 is 11.3 Å². The third kappa shape index (κ3) is 2.62. The van der Waals surface area contributed by atoms with Gasteiger partial charge in [0, 0.05) is 29.1 Å². The Morgan fingerprint density at radius 3 is 2.67 bits per heavy atom. The second kappa shape index (κ2) is 4.82. The molecule has 0 saturated heterocycles. The van der Waals surface area contributed by atoms with Gasteiger partial charge in [0.05, 0.1) is 16.9 Å².